The van der Waals surface area contributed by atoms with Crippen LogP contribution in [0.4, 0.5) is 11.4 Å². The number of phosphoric ester groups is 1. The fourth-order valence-electron chi connectivity index (χ4n) is 7.26. The number of likely N-dealkylation sites (tertiary alicyclic amines) is 1. The van der Waals surface area contributed by atoms with Crippen molar-refractivity contribution in [3.05, 3.63) is 59.2 Å². The van der Waals surface area contributed by atoms with Crippen LogP contribution in [-0.2, 0) is 27.9 Å². The first-order valence-corrected chi connectivity index (χ1v) is 21.4. The molecule has 0 aliphatic carbocycles. The number of hydrogen-bond acceptors (Lipinski definition) is 10. The van der Waals surface area contributed by atoms with Gasteiger partial charge in [0.2, 0.25) is 5.91 Å². The molecular weight excluding hydrogens is 757 g/mol. The summed E-state index contributed by atoms with van der Waals surface area (Å²) < 4.78 is 43.5. The molecule has 2 atom stereocenters. The molecule has 2 aliphatic rings. The summed E-state index contributed by atoms with van der Waals surface area (Å²) in [6.07, 6.45) is 4.01. The van der Waals surface area contributed by atoms with Crippen molar-refractivity contribution < 1.29 is 42.0 Å². The van der Waals surface area contributed by atoms with Gasteiger partial charge in [0, 0.05) is 61.4 Å². The molecule has 0 unspecified atom stereocenters. The lowest BCUT2D eigenvalue weighted by atomic mass is 9.95. The number of ether oxygens (including phenoxy) is 2. The van der Waals surface area contributed by atoms with Crippen molar-refractivity contribution in [3.63, 3.8) is 0 Å². The second-order valence-electron chi connectivity index (χ2n) is 16.6. The largest absolute Gasteiger partial charge is 0.531 e. The van der Waals surface area contributed by atoms with Crippen LogP contribution in [0.2, 0.25) is 0 Å². The molecule has 0 aromatic heterocycles. The van der Waals surface area contributed by atoms with Gasteiger partial charge >= 0.3 is 13.8 Å². The van der Waals surface area contributed by atoms with E-state index in [0.717, 1.165) is 41.2 Å². The molecule has 0 radical (unpaired) electrons. The van der Waals surface area contributed by atoms with Gasteiger partial charge in [0.1, 0.15) is 18.1 Å². The predicted molar refractivity (Wildman–Crippen MR) is 220 cm³/mol. The smallest absolute Gasteiger partial charge is 0.493 e. The van der Waals surface area contributed by atoms with Gasteiger partial charge in [0.15, 0.2) is 0 Å². The Labute approximate surface area is 335 Å². The van der Waals surface area contributed by atoms with E-state index in [1.165, 1.54) is 6.92 Å². The summed E-state index contributed by atoms with van der Waals surface area (Å²) in [5.41, 5.74) is 7.85. The Morgan fingerprint density at radius 2 is 1.62 bits per heavy atom. The SMILES string of the molecule is CC(=O)OC[C@@H]1CCCN1C(=O)c1cc(C)c(OCCCCCC(=O)N2C[C@@H](CCl)c3c2cc(OP(=O)(OC(C)(C)C)OC(C)(C)C)c2ccccc32)cc1N. The number of amides is 2. The number of fused-ring (bicyclic) bond motifs is 3. The lowest BCUT2D eigenvalue weighted by Crippen LogP contribution is -2.39. The second-order valence-corrected chi connectivity index (χ2v) is 18.4. The number of rotatable bonds is 15. The molecule has 3 aromatic carbocycles. The monoisotopic (exact) mass is 813 g/mol. The first-order valence-electron chi connectivity index (χ1n) is 19.4. The molecule has 56 heavy (non-hydrogen) atoms. The fraction of sp³-hybridized carbons (Fsp3) is 0.548. The van der Waals surface area contributed by atoms with Crippen molar-refractivity contribution >= 4 is 59.4 Å². The Morgan fingerprint density at radius 1 is 0.946 bits per heavy atom. The minimum atomic E-state index is -4.13. The molecule has 0 bridgehead atoms. The summed E-state index contributed by atoms with van der Waals surface area (Å²) in [5.74, 6) is 0.531. The van der Waals surface area contributed by atoms with Crippen LogP contribution in [0.15, 0.2) is 42.5 Å². The van der Waals surface area contributed by atoms with Gasteiger partial charge in [-0.05, 0) is 103 Å². The van der Waals surface area contributed by atoms with Gasteiger partial charge in [0.05, 0.1) is 35.1 Å². The molecule has 1 fully saturated rings. The van der Waals surface area contributed by atoms with Gasteiger partial charge in [0.25, 0.3) is 5.91 Å². The first-order chi connectivity index (χ1) is 26.3. The minimum absolute atomic E-state index is 0.0435. The van der Waals surface area contributed by atoms with E-state index < -0.39 is 19.0 Å². The average Bonchev–Trinajstić information content (AvgIpc) is 3.73. The Balaban J connectivity index is 1.22. The summed E-state index contributed by atoms with van der Waals surface area (Å²) in [6, 6.07) is 12.7. The van der Waals surface area contributed by atoms with Crippen LogP contribution in [-0.4, -0.2) is 72.1 Å². The number of carbonyl (C=O) groups is 3. The maximum atomic E-state index is 14.2. The van der Waals surface area contributed by atoms with Crippen LogP contribution < -0.4 is 19.9 Å². The van der Waals surface area contributed by atoms with Crippen LogP contribution in [0.5, 0.6) is 11.5 Å². The van der Waals surface area contributed by atoms with Crippen LogP contribution >= 0.6 is 19.4 Å². The van der Waals surface area contributed by atoms with Gasteiger partial charge in [-0.3, -0.25) is 23.4 Å². The summed E-state index contributed by atoms with van der Waals surface area (Å²) in [7, 11) is -4.13. The van der Waals surface area contributed by atoms with Gasteiger partial charge < -0.3 is 29.5 Å². The molecule has 2 aliphatic heterocycles. The number of carbonyl (C=O) groups excluding carboxylic acids is 3. The lowest BCUT2D eigenvalue weighted by molar-refractivity contribution is -0.142. The third kappa shape index (κ3) is 10.8. The highest BCUT2D eigenvalue weighted by molar-refractivity contribution is 7.49. The number of phosphoric acid groups is 1. The van der Waals surface area contributed by atoms with E-state index in [9.17, 15) is 18.9 Å². The number of nitrogen functional groups attached to an aromatic ring is 1. The molecule has 12 nitrogen and oxygen atoms in total. The quantitative estimate of drug-likeness (QED) is 0.0518. The maximum Gasteiger partial charge on any atom is 0.531 e. The van der Waals surface area contributed by atoms with E-state index in [2.05, 4.69) is 0 Å². The fourth-order valence-corrected chi connectivity index (χ4v) is 9.36. The van der Waals surface area contributed by atoms with Gasteiger partial charge in [-0.25, -0.2) is 4.57 Å². The minimum Gasteiger partial charge on any atom is -0.493 e. The lowest BCUT2D eigenvalue weighted by Gasteiger charge is -2.31. The Kier molecular flexibility index (Phi) is 13.7. The van der Waals surface area contributed by atoms with E-state index in [1.54, 1.807) is 69.5 Å². The van der Waals surface area contributed by atoms with Crippen molar-refractivity contribution in [2.75, 3.05) is 42.8 Å². The van der Waals surface area contributed by atoms with Crippen LogP contribution in [0, 0.1) is 6.92 Å². The number of hydrogen-bond donors (Lipinski definition) is 1. The molecule has 0 spiro atoms. The van der Waals surface area contributed by atoms with Crippen LogP contribution in [0.1, 0.15) is 114 Å². The highest BCUT2D eigenvalue weighted by Gasteiger charge is 2.41. The van der Waals surface area contributed by atoms with Gasteiger partial charge in [-0.1, -0.05) is 24.3 Å². The topological polar surface area (TPSA) is 147 Å². The molecule has 0 saturated carbocycles. The van der Waals surface area contributed by atoms with Crippen molar-refractivity contribution in [1.82, 2.24) is 4.90 Å². The van der Waals surface area contributed by atoms with Crippen LogP contribution in [0.3, 0.4) is 0 Å². The zero-order chi connectivity index (χ0) is 41.0. The number of benzene rings is 3. The maximum absolute atomic E-state index is 14.2. The van der Waals surface area contributed by atoms with E-state index >= 15 is 0 Å². The Morgan fingerprint density at radius 3 is 2.27 bits per heavy atom. The summed E-state index contributed by atoms with van der Waals surface area (Å²) in [4.78, 5) is 42.0. The number of aryl methyl sites for hydroxylation is 1. The van der Waals surface area contributed by atoms with Crippen LogP contribution in [0.25, 0.3) is 10.8 Å². The Hall–Kier alpha value is -3.83. The number of alkyl halides is 1. The molecule has 5 rings (SSSR count). The number of esters is 1. The predicted octanol–water partition coefficient (Wildman–Crippen LogP) is 9.32. The number of nitrogens with zero attached hydrogens (tertiary/aromatic N) is 2. The summed E-state index contributed by atoms with van der Waals surface area (Å²) in [5, 5.41) is 1.59. The van der Waals surface area contributed by atoms with Crippen molar-refractivity contribution in [1.29, 1.82) is 0 Å². The third-order valence-electron chi connectivity index (χ3n) is 9.58. The molecule has 2 N–H and O–H groups in total. The Bertz CT molecular complexity index is 1960. The molecule has 2 heterocycles. The number of halogens is 1. The van der Waals surface area contributed by atoms with Crippen molar-refractivity contribution in [2.24, 2.45) is 0 Å². The number of nitrogens with two attached hydrogens (primary N) is 1. The molecule has 2 amide bonds. The summed E-state index contributed by atoms with van der Waals surface area (Å²) >= 11 is 6.50. The highest BCUT2D eigenvalue weighted by atomic mass is 35.5. The average molecular weight is 814 g/mol. The van der Waals surface area contributed by atoms with E-state index in [-0.39, 0.29) is 36.4 Å². The normalized spacial score (nSPS) is 17.3. The first kappa shape index (κ1) is 43.3. The van der Waals surface area contributed by atoms with E-state index in [4.69, 9.17) is 40.4 Å². The highest BCUT2D eigenvalue weighted by Crippen LogP contribution is 2.57. The van der Waals surface area contributed by atoms with E-state index in [1.807, 2.05) is 31.2 Å². The zero-order valence-corrected chi connectivity index (χ0v) is 35.6. The number of unbranched alkanes of at least 4 members (excludes halogenated alkanes) is 2. The second kappa shape index (κ2) is 17.8. The molecular formula is C42H57ClN3O9P. The molecule has 14 heteroatoms. The molecule has 1 saturated heterocycles. The van der Waals surface area contributed by atoms with Gasteiger partial charge in [-0.15, -0.1) is 11.6 Å². The molecule has 306 valence electrons. The summed E-state index contributed by atoms with van der Waals surface area (Å²) in [6.45, 7) is 15.5. The standard InChI is InChI=1S/C42H57ClN3O9P/c1-27-21-33(40(49)45-19-14-15-30(45)26-52-28(2)47)34(44)22-36(27)51-20-13-9-10-18-38(48)46-25-29(24-43)39-32-17-12-11-16-31(32)37(23-35(39)46)53-56(50,54-41(3,4)5)55-42(6,7)8/h11-12,16-17,21-23,29-30H,9-10,13-15,18-20,24-26,44H2,1-8H3/t29-,30+/m1/s1. The zero-order valence-electron chi connectivity index (χ0n) is 33.9. The third-order valence-corrected chi connectivity index (χ3v) is 11.9. The number of anilines is 2. The van der Waals surface area contributed by atoms with E-state index in [0.29, 0.717) is 73.3 Å². The van der Waals surface area contributed by atoms with Crippen molar-refractivity contribution in [2.45, 2.75) is 117 Å². The molecule has 3 aromatic rings. The van der Waals surface area contributed by atoms with Gasteiger partial charge in [-0.2, -0.15) is 0 Å². The van der Waals surface area contributed by atoms with Crippen molar-refractivity contribution in [3.8, 4) is 11.5 Å².